The number of thiophene rings is 1. The van der Waals surface area contributed by atoms with Crippen molar-refractivity contribution in [2.45, 2.75) is 6.92 Å². The first kappa shape index (κ1) is 17.4. The van der Waals surface area contributed by atoms with Crippen LogP contribution in [0.4, 0.5) is 20.6 Å². The maximum atomic E-state index is 13.8. The number of benzene rings is 1. The third-order valence-corrected chi connectivity index (χ3v) is 3.73. The number of nitriles is 1. The van der Waals surface area contributed by atoms with Gasteiger partial charge in [0, 0.05) is 17.6 Å². The third kappa shape index (κ3) is 4.79. The number of hydrogen-bond acceptors (Lipinski definition) is 4. The lowest BCUT2D eigenvalue weighted by Gasteiger charge is -2.11. The fraction of sp³-hybridized carbons (Fsp3) is 0.188. The van der Waals surface area contributed by atoms with Crippen LogP contribution in [0.3, 0.4) is 0 Å². The summed E-state index contributed by atoms with van der Waals surface area (Å²) in [6.45, 7) is 1.88. The summed E-state index contributed by atoms with van der Waals surface area (Å²) in [5, 5.41) is 19.6. The van der Waals surface area contributed by atoms with E-state index in [9.17, 15) is 14.0 Å². The summed E-state index contributed by atoms with van der Waals surface area (Å²) in [6.07, 6.45) is 0. The van der Waals surface area contributed by atoms with Gasteiger partial charge in [0.2, 0.25) is 0 Å². The molecule has 3 amide bonds. The number of rotatable bonds is 5. The molecule has 1 atom stereocenters. The first-order valence-electron chi connectivity index (χ1n) is 7.07. The number of carbonyl (C=O) groups is 2. The van der Waals surface area contributed by atoms with Crippen molar-refractivity contribution >= 4 is 34.6 Å². The molecule has 2 rings (SSSR count). The molecular weight excluding hydrogens is 331 g/mol. The number of anilines is 2. The minimum Gasteiger partial charge on any atom is -0.337 e. The van der Waals surface area contributed by atoms with E-state index in [1.54, 1.807) is 23.8 Å². The van der Waals surface area contributed by atoms with Crippen LogP contribution < -0.4 is 16.0 Å². The number of halogens is 1. The molecule has 6 nitrogen and oxygen atoms in total. The minimum absolute atomic E-state index is 0.0330. The molecule has 0 radical (unpaired) electrons. The molecule has 0 aliphatic heterocycles. The first-order valence-corrected chi connectivity index (χ1v) is 8.01. The largest absolute Gasteiger partial charge is 0.337 e. The van der Waals surface area contributed by atoms with E-state index in [2.05, 4.69) is 16.0 Å². The van der Waals surface area contributed by atoms with Crippen molar-refractivity contribution < 1.29 is 14.0 Å². The van der Waals surface area contributed by atoms with Gasteiger partial charge in [0.15, 0.2) is 0 Å². The molecule has 0 spiro atoms. The summed E-state index contributed by atoms with van der Waals surface area (Å²) >= 11 is 1.36. The van der Waals surface area contributed by atoms with Crippen molar-refractivity contribution in [1.29, 1.82) is 5.26 Å². The molecule has 24 heavy (non-hydrogen) atoms. The van der Waals surface area contributed by atoms with Gasteiger partial charge in [-0.2, -0.15) is 16.6 Å². The Balaban J connectivity index is 2.01. The van der Waals surface area contributed by atoms with Gasteiger partial charge in [0.25, 0.3) is 5.91 Å². The standard InChI is InChI=1S/C16H15FN4O2S/c1-10(7-18)8-19-16(23)20-12-2-3-13(17)14(6-12)21-15(22)11-4-5-24-9-11/h2-6,9-10H,8H2,1H3,(H,21,22)(H2,19,20,23)/t10-/m0/s1. The Morgan fingerprint density at radius 1 is 1.33 bits per heavy atom. The van der Waals surface area contributed by atoms with E-state index in [0.29, 0.717) is 11.3 Å². The molecule has 3 N–H and O–H groups in total. The van der Waals surface area contributed by atoms with E-state index in [0.717, 1.165) is 6.07 Å². The molecule has 0 aliphatic rings. The number of urea groups is 1. The molecule has 0 unspecified atom stereocenters. The average molecular weight is 346 g/mol. The van der Waals surface area contributed by atoms with Crippen LogP contribution in [0.1, 0.15) is 17.3 Å². The van der Waals surface area contributed by atoms with Crippen LogP contribution in [-0.2, 0) is 0 Å². The number of nitrogens with one attached hydrogen (secondary N) is 3. The summed E-state index contributed by atoms with van der Waals surface area (Å²) in [5.41, 5.74) is 0.717. The molecule has 124 valence electrons. The quantitative estimate of drug-likeness (QED) is 0.774. The van der Waals surface area contributed by atoms with Gasteiger partial charge in [-0.25, -0.2) is 9.18 Å². The van der Waals surface area contributed by atoms with E-state index >= 15 is 0 Å². The van der Waals surface area contributed by atoms with Crippen LogP contribution in [0.15, 0.2) is 35.0 Å². The van der Waals surface area contributed by atoms with Gasteiger partial charge in [-0.15, -0.1) is 0 Å². The lowest BCUT2D eigenvalue weighted by Crippen LogP contribution is -2.32. The van der Waals surface area contributed by atoms with E-state index in [4.69, 9.17) is 5.26 Å². The van der Waals surface area contributed by atoms with Crippen molar-refractivity contribution in [3.63, 3.8) is 0 Å². The first-order chi connectivity index (χ1) is 11.5. The average Bonchev–Trinajstić information content (AvgIpc) is 3.10. The van der Waals surface area contributed by atoms with Crippen LogP contribution in [0, 0.1) is 23.1 Å². The highest BCUT2D eigenvalue weighted by atomic mass is 32.1. The third-order valence-electron chi connectivity index (χ3n) is 3.04. The predicted octanol–water partition coefficient (Wildman–Crippen LogP) is 3.42. The Bertz CT molecular complexity index is 771. The second-order valence-corrected chi connectivity index (χ2v) is 5.81. The number of amides is 3. The van der Waals surface area contributed by atoms with Gasteiger partial charge in [0.1, 0.15) is 5.82 Å². The SMILES string of the molecule is C[C@@H](C#N)CNC(=O)Nc1ccc(F)c(NC(=O)c2ccsc2)c1. The van der Waals surface area contributed by atoms with Crippen molar-refractivity contribution in [2.24, 2.45) is 5.92 Å². The number of nitrogens with zero attached hydrogens (tertiary/aromatic N) is 1. The van der Waals surface area contributed by atoms with Crippen LogP contribution in [0.25, 0.3) is 0 Å². The molecular formula is C16H15FN4O2S. The van der Waals surface area contributed by atoms with Crippen LogP contribution in [0.5, 0.6) is 0 Å². The highest BCUT2D eigenvalue weighted by Crippen LogP contribution is 2.21. The summed E-state index contributed by atoms with van der Waals surface area (Å²) in [5.74, 6) is -1.35. The lowest BCUT2D eigenvalue weighted by atomic mass is 10.2. The Hall–Kier alpha value is -2.92. The Morgan fingerprint density at radius 2 is 2.12 bits per heavy atom. The minimum atomic E-state index is -0.609. The summed E-state index contributed by atoms with van der Waals surface area (Å²) in [4.78, 5) is 23.7. The van der Waals surface area contributed by atoms with E-state index in [-0.39, 0.29) is 18.2 Å². The van der Waals surface area contributed by atoms with Crippen molar-refractivity contribution in [3.8, 4) is 6.07 Å². The lowest BCUT2D eigenvalue weighted by molar-refractivity contribution is 0.102. The molecule has 0 saturated carbocycles. The number of hydrogen-bond donors (Lipinski definition) is 3. The van der Waals surface area contributed by atoms with Gasteiger partial charge in [0.05, 0.1) is 23.2 Å². The van der Waals surface area contributed by atoms with Gasteiger partial charge in [-0.3, -0.25) is 4.79 Å². The Kier molecular flexibility index (Phi) is 5.87. The second-order valence-electron chi connectivity index (χ2n) is 5.03. The van der Waals surface area contributed by atoms with Crippen molar-refractivity contribution in [3.05, 3.63) is 46.4 Å². The Morgan fingerprint density at radius 3 is 2.79 bits per heavy atom. The smallest absolute Gasteiger partial charge is 0.319 e. The van der Waals surface area contributed by atoms with Crippen LogP contribution in [0.2, 0.25) is 0 Å². The predicted molar refractivity (Wildman–Crippen MR) is 90.5 cm³/mol. The van der Waals surface area contributed by atoms with Crippen molar-refractivity contribution in [2.75, 3.05) is 17.2 Å². The highest BCUT2D eigenvalue weighted by molar-refractivity contribution is 7.08. The van der Waals surface area contributed by atoms with Crippen LogP contribution in [-0.4, -0.2) is 18.5 Å². The molecule has 1 aromatic heterocycles. The fourth-order valence-corrected chi connectivity index (χ4v) is 2.39. The van der Waals surface area contributed by atoms with Gasteiger partial charge in [-0.1, -0.05) is 0 Å². The maximum absolute atomic E-state index is 13.8. The second kappa shape index (κ2) is 8.08. The molecule has 1 aromatic carbocycles. The Labute approximate surface area is 142 Å². The zero-order valence-electron chi connectivity index (χ0n) is 12.8. The number of carbonyl (C=O) groups excluding carboxylic acids is 2. The molecule has 0 aliphatic carbocycles. The topological polar surface area (TPSA) is 94.0 Å². The fourth-order valence-electron chi connectivity index (χ4n) is 1.75. The van der Waals surface area contributed by atoms with Crippen LogP contribution >= 0.6 is 11.3 Å². The zero-order chi connectivity index (χ0) is 17.5. The van der Waals surface area contributed by atoms with E-state index in [1.807, 2.05) is 6.07 Å². The normalized spacial score (nSPS) is 11.2. The van der Waals surface area contributed by atoms with Gasteiger partial charge < -0.3 is 16.0 Å². The zero-order valence-corrected chi connectivity index (χ0v) is 13.6. The van der Waals surface area contributed by atoms with E-state index in [1.165, 1.54) is 23.5 Å². The maximum Gasteiger partial charge on any atom is 0.319 e. The molecule has 8 heteroatoms. The van der Waals surface area contributed by atoms with Gasteiger partial charge in [-0.05, 0) is 36.6 Å². The summed E-state index contributed by atoms with van der Waals surface area (Å²) in [6, 6.07) is 6.96. The van der Waals surface area contributed by atoms with Gasteiger partial charge >= 0.3 is 6.03 Å². The monoisotopic (exact) mass is 346 g/mol. The summed E-state index contributed by atoms with van der Waals surface area (Å²) in [7, 11) is 0. The molecule has 0 saturated heterocycles. The molecule has 1 heterocycles. The highest BCUT2D eigenvalue weighted by Gasteiger charge is 2.11. The van der Waals surface area contributed by atoms with Crippen molar-refractivity contribution in [1.82, 2.24) is 5.32 Å². The molecule has 0 bridgehead atoms. The molecule has 2 aromatic rings. The van der Waals surface area contributed by atoms with E-state index < -0.39 is 17.8 Å². The summed E-state index contributed by atoms with van der Waals surface area (Å²) < 4.78 is 13.8. The molecule has 0 fully saturated rings.